The predicted molar refractivity (Wildman–Crippen MR) is 69.1 cm³/mol. The summed E-state index contributed by atoms with van der Waals surface area (Å²) in [5.74, 6) is 0.479. The van der Waals surface area contributed by atoms with Crippen LogP contribution in [0, 0.1) is 5.92 Å². The number of amides is 2. The molecule has 0 fully saturated rings. The largest absolute Gasteiger partial charge is 0.388 e. The fourth-order valence-corrected chi connectivity index (χ4v) is 1.40. The van der Waals surface area contributed by atoms with Crippen LogP contribution in [0.15, 0.2) is 18.3 Å². The maximum Gasteiger partial charge on any atom is 0.320 e. The molecule has 0 saturated carbocycles. The molecule has 1 rings (SSSR count). The molecule has 6 nitrogen and oxygen atoms in total. The molecule has 0 saturated heterocycles. The molecule has 0 radical (unpaired) electrons. The van der Waals surface area contributed by atoms with Crippen LogP contribution < -0.4 is 10.6 Å². The molecule has 0 aliphatic rings. The van der Waals surface area contributed by atoms with Gasteiger partial charge in [0.2, 0.25) is 0 Å². The van der Waals surface area contributed by atoms with Crippen LogP contribution in [0.5, 0.6) is 0 Å². The lowest BCUT2D eigenvalue weighted by molar-refractivity contribution is 0.00826. The van der Waals surface area contributed by atoms with Crippen LogP contribution >= 0.6 is 0 Å². The summed E-state index contributed by atoms with van der Waals surface area (Å²) in [5.41, 5.74) is -0.922. The molecule has 2 unspecified atom stereocenters. The van der Waals surface area contributed by atoms with Crippen molar-refractivity contribution in [1.82, 2.24) is 15.5 Å². The number of urea groups is 1. The van der Waals surface area contributed by atoms with Crippen LogP contribution in [0.4, 0.5) is 10.6 Å². The van der Waals surface area contributed by atoms with E-state index in [0.717, 1.165) is 6.42 Å². The molecule has 2 amide bonds. The van der Waals surface area contributed by atoms with E-state index in [2.05, 4.69) is 20.8 Å². The second kappa shape index (κ2) is 6.30. The van der Waals surface area contributed by atoms with Crippen molar-refractivity contribution >= 4 is 11.8 Å². The maximum absolute atomic E-state index is 11.6. The van der Waals surface area contributed by atoms with E-state index in [0.29, 0.717) is 5.82 Å². The minimum Gasteiger partial charge on any atom is -0.388 e. The first kappa shape index (κ1) is 14.4. The van der Waals surface area contributed by atoms with Crippen LogP contribution in [0.3, 0.4) is 0 Å². The SMILES string of the molecule is CCC(C)C(C)(O)CNC(=O)Nc1cccnn1. The fourth-order valence-electron chi connectivity index (χ4n) is 1.40. The Labute approximate surface area is 107 Å². The number of hydrogen-bond donors (Lipinski definition) is 3. The summed E-state index contributed by atoms with van der Waals surface area (Å²) < 4.78 is 0. The monoisotopic (exact) mass is 252 g/mol. The Bertz CT molecular complexity index is 381. The average Bonchev–Trinajstić information content (AvgIpc) is 2.36. The van der Waals surface area contributed by atoms with Crippen molar-refractivity contribution in [1.29, 1.82) is 0 Å². The van der Waals surface area contributed by atoms with Gasteiger partial charge in [-0.05, 0) is 25.0 Å². The molecule has 0 aromatic carbocycles. The Morgan fingerprint density at radius 1 is 1.61 bits per heavy atom. The number of hydrogen-bond acceptors (Lipinski definition) is 4. The maximum atomic E-state index is 11.6. The first-order chi connectivity index (χ1) is 8.45. The quantitative estimate of drug-likeness (QED) is 0.739. The second-order valence-electron chi connectivity index (χ2n) is 4.58. The number of nitrogens with one attached hydrogen (secondary N) is 2. The Kier molecular flexibility index (Phi) is 5.03. The lowest BCUT2D eigenvalue weighted by Crippen LogP contribution is -2.46. The van der Waals surface area contributed by atoms with E-state index < -0.39 is 11.6 Å². The van der Waals surface area contributed by atoms with Gasteiger partial charge in [-0.2, -0.15) is 5.10 Å². The van der Waals surface area contributed by atoms with Gasteiger partial charge in [-0.15, -0.1) is 5.10 Å². The number of carbonyl (C=O) groups is 1. The minimum absolute atomic E-state index is 0.106. The topological polar surface area (TPSA) is 87.1 Å². The van der Waals surface area contributed by atoms with Gasteiger partial charge in [-0.25, -0.2) is 4.79 Å². The molecular weight excluding hydrogens is 232 g/mol. The van der Waals surface area contributed by atoms with Crippen LogP contribution in [0.1, 0.15) is 27.2 Å². The summed E-state index contributed by atoms with van der Waals surface area (Å²) in [6, 6.07) is 2.91. The van der Waals surface area contributed by atoms with Crippen molar-refractivity contribution in [2.24, 2.45) is 5.92 Å². The first-order valence-electron chi connectivity index (χ1n) is 6.00. The lowest BCUT2D eigenvalue weighted by Gasteiger charge is -2.29. The highest BCUT2D eigenvalue weighted by atomic mass is 16.3. The van der Waals surface area contributed by atoms with Gasteiger partial charge in [0.1, 0.15) is 0 Å². The zero-order valence-electron chi connectivity index (χ0n) is 11.0. The smallest absolute Gasteiger partial charge is 0.320 e. The molecule has 6 heteroatoms. The van der Waals surface area contributed by atoms with Crippen molar-refractivity contribution in [2.75, 3.05) is 11.9 Å². The van der Waals surface area contributed by atoms with Gasteiger partial charge in [-0.3, -0.25) is 5.32 Å². The standard InChI is InChI=1S/C12H20N4O2/c1-4-9(2)12(3,18)8-13-11(17)15-10-6-5-7-14-16-10/h5-7,9,18H,4,8H2,1-3H3,(H2,13,15,16,17). The first-order valence-corrected chi connectivity index (χ1v) is 6.00. The van der Waals surface area contributed by atoms with E-state index in [4.69, 9.17) is 0 Å². The molecule has 1 aromatic heterocycles. The predicted octanol–water partition coefficient (Wildman–Crippen LogP) is 1.40. The zero-order chi connectivity index (χ0) is 13.6. The Morgan fingerprint density at radius 2 is 2.33 bits per heavy atom. The summed E-state index contributed by atoms with van der Waals surface area (Å²) >= 11 is 0. The third-order valence-corrected chi connectivity index (χ3v) is 3.09. The van der Waals surface area contributed by atoms with Gasteiger partial charge in [0.15, 0.2) is 5.82 Å². The number of nitrogens with zero attached hydrogens (tertiary/aromatic N) is 2. The molecule has 18 heavy (non-hydrogen) atoms. The summed E-state index contributed by atoms with van der Waals surface area (Å²) in [6.45, 7) is 5.85. The van der Waals surface area contributed by atoms with Gasteiger partial charge in [0.25, 0.3) is 0 Å². The molecule has 3 N–H and O–H groups in total. The van der Waals surface area contributed by atoms with Crippen LogP contribution in [0.2, 0.25) is 0 Å². The Balaban J connectivity index is 2.42. The van der Waals surface area contributed by atoms with E-state index in [1.54, 1.807) is 19.1 Å². The van der Waals surface area contributed by atoms with E-state index in [9.17, 15) is 9.90 Å². The van der Waals surface area contributed by atoms with Crippen LogP contribution in [0.25, 0.3) is 0 Å². The van der Waals surface area contributed by atoms with Crippen molar-refractivity contribution in [3.05, 3.63) is 18.3 Å². The fraction of sp³-hybridized carbons (Fsp3) is 0.583. The van der Waals surface area contributed by atoms with Gasteiger partial charge < -0.3 is 10.4 Å². The van der Waals surface area contributed by atoms with Crippen molar-refractivity contribution in [3.8, 4) is 0 Å². The van der Waals surface area contributed by atoms with Crippen molar-refractivity contribution < 1.29 is 9.90 Å². The molecule has 100 valence electrons. The molecule has 0 spiro atoms. The Morgan fingerprint density at radius 3 is 2.89 bits per heavy atom. The zero-order valence-corrected chi connectivity index (χ0v) is 11.0. The van der Waals surface area contributed by atoms with Crippen LogP contribution in [-0.2, 0) is 0 Å². The third kappa shape index (κ3) is 4.29. The molecular formula is C12H20N4O2. The minimum atomic E-state index is -0.922. The third-order valence-electron chi connectivity index (χ3n) is 3.09. The summed E-state index contributed by atoms with van der Waals surface area (Å²) in [6.07, 6.45) is 2.37. The number of anilines is 1. The molecule has 1 aromatic rings. The van der Waals surface area contributed by atoms with E-state index in [1.807, 2.05) is 13.8 Å². The Hall–Kier alpha value is -1.69. The van der Waals surface area contributed by atoms with Crippen molar-refractivity contribution in [3.63, 3.8) is 0 Å². The number of carbonyl (C=O) groups excluding carboxylic acids is 1. The lowest BCUT2D eigenvalue weighted by atomic mass is 9.89. The highest BCUT2D eigenvalue weighted by Gasteiger charge is 2.27. The van der Waals surface area contributed by atoms with E-state index in [-0.39, 0.29) is 12.5 Å². The van der Waals surface area contributed by atoms with Gasteiger partial charge >= 0.3 is 6.03 Å². The molecule has 0 aliphatic carbocycles. The molecule has 0 bridgehead atoms. The van der Waals surface area contributed by atoms with Gasteiger partial charge in [0.05, 0.1) is 5.60 Å². The summed E-state index contributed by atoms with van der Waals surface area (Å²) in [5, 5.41) is 22.7. The number of rotatable bonds is 5. The van der Waals surface area contributed by atoms with Gasteiger partial charge in [0, 0.05) is 12.7 Å². The highest BCUT2D eigenvalue weighted by molar-refractivity contribution is 5.88. The number of aromatic nitrogens is 2. The van der Waals surface area contributed by atoms with Crippen molar-refractivity contribution in [2.45, 2.75) is 32.8 Å². The molecule has 0 aliphatic heterocycles. The van der Waals surface area contributed by atoms with E-state index >= 15 is 0 Å². The number of aliphatic hydroxyl groups is 1. The van der Waals surface area contributed by atoms with Crippen LogP contribution in [-0.4, -0.2) is 33.5 Å². The van der Waals surface area contributed by atoms with E-state index in [1.165, 1.54) is 6.20 Å². The average molecular weight is 252 g/mol. The molecule has 1 heterocycles. The second-order valence-corrected chi connectivity index (χ2v) is 4.58. The molecule has 2 atom stereocenters. The summed E-state index contributed by atoms with van der Waals surface area (Å²) in [7, 11) is 0. The highest BCUT2D eigenvalue weighted by Crippen LogP contribution is 2.18. The summed E-state index contributed by atoms with van der Waals surface area (Å²) in [4.78, 5) is 11.6. The normalized spacial score (nSPS) is 15.6. The van der Waals surface area contributed by atoms with Gasteiger partial charge in [-0.1, -0.05) is 20.3 Å².